The van der Waals surface area contributed by atoms with E-state index >= 15 is 0 Å². The molecule has 9 heteroatoms. The molecule has 0 bridgehead atoms. The Hall–Kier alpha value is -2.13. The first-order chi connectivity index (χ1) is 12.9. The molecule has 1 aliphatic rings. The minimum Gasteiger partial charge on any atom is -0.357 e. The lowest BCUT2D eigenvalue weighted by Crippen LogP contribution is -2.39. The summed E-state index contributed by atoms with van der Waals surface area (Å²) in [6.07, 6.45) is 1.07. The van der Waals surface area contributed by atoms with Crippen LogP contribution in [-0.2, 0) is 14.8 Å². The Morgan fingerprint density at radius 3 is 2.74 bits per heavy atom. The number of hydrogen-bond acceptors (Lipinski definition) is 4. The number of guanidine groups is 1. The fraction of sp³-hybridized carbons (Fsp3) is 0.556. The van der Waals surface area contributed by atoms with Crippen LogP contribution in [0.2, 0.25) is 0 Å². The van der Waals surface area contributed by atoms with Crippen LogP contribution in [0.5, 0.6) is 0 Å². The van der Waals surface area contributed by atoms with Crippen LogP contribution >= 0.6 is 0 Å². The number of amides is 1. The summed E-state index contributed by atoms with van der Waals surface area (Å²) in [7, 11) is -3.15. The van der Waals surface area contributed by atoms with Gasteiger partial charge in [0.2, 0.25) is 15.9 Å². The summed E-state index contributed by atoms with van der Waals surface area (Å²) in [6.45, 7) is 5.80. The van der Waals surface area contributed by atoms with Gasteiger partial charge in [0.05, 0.1) is 12.3 Å². The number of hydrogen-bond donors (Lipinski definition) is 4. The lowest BCUT2D eigenvalue weighted by molar-refractivity contribution is -0.116. The predicted molar refractivity (Wildman–Crippen MR) is 108 cm³/mol. The van der Waals surface area contributed by atoms with Crippen molar-refractivity contribution in [2.45, 2.75) is 32.6 Å². The summed E-state index contributed by atoms with van der Waals surface area (Å²) in [5.74, 6) is 0.803. The van der Waals surface area contributed by atoms with Gasteiger partial charge < -0.3 is 16.0 Å². The molecule has 0 saturated heterocycles. The molecule has 1 heterocycles. The molecule has 1 atom stereocenters. The van der Waals surface area contributed by atoms with Crippen molar-refractivity contribution in [3.63, 3.8) is 0 Å². The summed E-state index contributed by atoms with van der Waals surface area (Å²) >= 11 is 0. The van der Waals surface area contributed by atoms with E-state index < -0.39 is 10.0 Å². The van der Waals surface area contributed by atoms with E-state index in [-0.39, 0.29) is 17.6 Å². The van der Waals surface area contributed by atoms with Gasteiger partial charge in [0, 0.05) is 37.7 Å². The maximum atomic E-state index is 11.9. The number of para-hydroxylation sites is 1. The SMILES string of the molecule is CCNC(=NCC1CC(=O)Nc2ccccc21)NCCCNS(=O)(=O)CC. The first-order valence-electron chi connectivity index (χ1n) is 9.33. The van der Waals surface area contributed by atoms with Gasteiger partial charge in [0.25, 0.3) is 0 Å². The number of fused-ring (bicyclic) bond motifs is 1. The number of nitrogens with zero attached hydrogens (tertiary/aromatic N) is 1. The van der Waals surface area contributed by atoms with Gasteiger partial charge in [0.1, 0.15) is 0 Å². The van der Waals surface area contributed by atoms with Gasteiger partial charge >= 0.3 is 0 Å². The second-order valence-corrected chi connectivity index (χ2v) is 8.43. The molecule has 0 radical (unpaired) electrons. The Balaban J connectivity index is 1.89. The van der Waals surface area contributed by atoms with Crippen LogP contribution in [0.1, 0.15) is 38.2 Å². The number of rotatable bonds is 9. The van der Waals surface area contributed by atoms with Crippen LogP contribution < -0.4 is 20.7 Å². The number of anilines is 1. The summed E-state index contributed by atoms with van der Waals surface area (Å²) < 4.78 is 25.3. The molecule has 0 fully saturated rings. The van der Waals surface area contributed by atoms with Crippen molar-refractivity contribution in [3.05, 3.63) is 29.8 Å². The van der Waals surface area contributed by atoms with Crippen molar-refractivity contribution in [1.82, 2.24) is 15.4 Å². The maximum absolute atomic E-state index is 11.9. The van der Waals surface area contributed by atoms with E-state index in [9.17, 15) is 13.2 Å². The van der Waals surface area contributed by atoms with Crippen molar-refractivity contribution in [1.29, 1.82) is 0 Å². The molecule has 2 rings (SSSR count). The van der Waals surface area contributed by atoms with E-state index in [0.29, 0.717) is 38.4 Å². The van der Waals surface area contributed by atoms with Crippen LogP contribution in [0.3, 0.4) is 0 Å². The molecule has 8 nitrogen and oxygen atoms in total. The Bertz CT molecular complexity index is 764. The highest BCUT2D eigenvalue weighted by Gasteiger charge is 2.24. The number of carbonyl (C=O) groups excluding carboxylic acids is 1. The second-order valence-electron chi connectivity index (χ2n) is 6.33. The van der Waals surface area contributed by atoms with Crippen LogP contribution in [-0.4, -0.2) is 52.2 Å². The number of aliphatic imine (C=N–C) groups is 1. The van der Waals surface area contributed by atoms with Gasteiger partial charge in [-0.05, 0) is 31.9 Å². The van der Waals surface area contributed by atoms with Crippen LogP contribution in [0.15, 0.2) is 29.3 Å². The molecular formula is C18H29N5O3S. The average Bonchev–Trinajstić information content (AvgIpc) is 2.65. The Kier molecular flexibility index (Phi) is 8.05. The quantitative estimate of drug-likeness (QED) is 0.283. The van der Waals surface area contributed by atoms with E-state index in [4.69, 9.17) is 0 Å². The smallest absolute Gasteiger partial charge is 0.225 e. The first kappa shape index (κ1) is 21.2. The van der Waals surface area contributed by atoms with Crippen molar-refractivity contribution in [3.8, 4) is 0 Å². The van der Waals surface area contributed by atoms with Gasteiger partial charge in [-0.3, -0.25) is 9.79 Å². The Morgan fingerprint density at radius 2 is 2.00 bits per heavy atom. The zero-order valence-corrected chi connectivity index (χ0v) is 16.7. The molecule has 150 valence electrons. The van der Waals surface area contributed by atoms with E-state index in [1.165, 1.54) is 0 Å². The summed E-state index contributed by atoms with van der Waals surface area (Å²) in [5, 5.41) is 9.27. The van der Waals surface area contributed by atoms with Gasteiger partial charge in [0.15, 0.2) is 5.96 Å². The summed E-state index contributed by atoms with van der Waals surface area (Å²) in [6, 6.07) is 7.80. The molecule has 1 unspecified atom stereocenters. The molecular weight excluding hydrogens is 366 g/mol. The first-order valence-corrected chi connectivity index (χ1v) is 11.0. The molecule has 1 amide bonds. The molecule has 4 N–H and O–H groups in total. The van der Waals surface area contributed by atoms with Crippen LogP contribution in [0, 0.1) is 0 Å². The standard InChI is InChI=1S/C18H29N5O3S/c1-3-19-18(20-10-7-11-22-27(25,26)4-2)21-13-14-12-17(24)23-16-9-6-5-8-15(14)16/h5-6,8-9,14,22H,3-4,7,10-13H2,1-2H3,(H,23,24)(H2,19,20,21). The van der Waals surface area contributed by atoms with Gasteiger partial charge in [-0.25, -0.2) is 13.1 Å². The van der Waals surface area contributed by atoms with Gasteiger partial charge in [-0.1, -0.05) is 18.2 Å². The molecule has 1 aromatic carbocycles. The second kappa shape index (κ2) is 10.3. The zero-order chi connectivity index (χ0) is 19.7. The van der Waals surface area contributed by atoms with Crippen molar-refractivity contribution < 1.29 is 13.2 Å². The monoisotopic (exact) mass is 395 g/mol. The average molecular weight is 396 g/mol. The number of carbonyl (C=O) groups is 1. The minimum atomic E-state index is -3.15. The normalized spacial score (nSPS) is 17.2. The summed E-state index contributed by atoms with van der Waals surface area (Å²) in [5.41, 5.74) is 1.96. The lowest BCUT2D eigenvalue weighted by Gasteiger charge is -2.24. The number of nitrogens with one attached hydrogen (secondary N) is 4. The lowest BCUT2D eigenvalue weighted by atomic mass is 9.91. The third kappa shape index (κ3) is 6.84. The molecule has 1 aliphatic heterocycles. The fourth-order valence-corrected chi connectivity index (χ4v) is 3.49. The summed E-state index contributed by atoms with van der Waals surface area (Å²) in [4.78, 5) is 16.5. The molecule has 1 aromatic rings. The zero-order valence-electron chi connectivity index (χ0n) is 15.9. The molecule has 0 aliphatic carbocycles. The van der Waals surface area contributed by atoms with E-state index in [1.807, 2.05) is 31.2 Å². The van der Waals surface area contributed by atoms with Crippen LogP contribution in [0.25, 0.3) is 0 Å². The van der Waals surface area contributed by atoms with E-state index in [1.54, 1.807) is 6.92 Å². The Morgan fingerprint density at radius 1 is 1.22 bits per heavy atom. The number of sulfonamides is 1. The maximum Gasteiger partial charge on any atom is 0.225 e. The largest absolute Gasteiger partial charge is 0.357 e. The molecule has 27 heavy (non-hydrogen) atoms. The highest BCUT2D eigenvalue weighted by molar-refractivity contribution is 7.89. The third-order valence-electron chi connectivity index (χ3n) is 4.27. The highest BCUT2D eigenvalue weighted by Crippen LogP contribution is 2.31. The minimum absolute atomic E-state index is 0.00932. The fourth-order valence-electron chi connectivity index (χ4n) is 2.83. The van der Waals surface area contributed by atoms with Crippen molar-refractivity contribution in [2.24, 2.45) is 4.99 Å². The molecule has 0 spiro atoms. The van der Waals surface area contributed by atoms with Crippen LogP contribution in [0.4, 0.5) is 5.69 Å². The van der Waals surface area contributed by atoms with E-state index in [2.05, 4.69) is 25.7 Å². The van der Waals surface area contributed by atoms with Gasteiger partial charge in [-0.15, -0.1) is 0 Å². The number of benzene rings is 1. The topological polar surface area (TPSA) is 112 Å². The van der Waals surface area contributed by atoms with Crippen molar-refractivity contribution >= 4 is 27.6 Å². The molecule has 0 aromatic heterocycles. The van der Waals surface area contributed by atoms with E-state index in [0.717, 1.165) is 17.8 Å². The molecule has 0 saturated carbocycles. The Labute approximate surface area is 161 Å². The third-order valence-corrected chi connectivity index (χ3v) is 5.67. The predicted octanol–water partition coefficient (Wildman–Crippen LogP) is 0.997. The van der Waals surface area contributed by atoms with Crippen molar-refractivity contribution in [2.75, 3.05) is 37.2 Å². The van der Waals surface area contributed by atoms with Gasteiger partial charge in [-0.2, -0.15) is 0 Å². The highest BCUT2D eigenvalue weighted by atomic mass is 32.2.